The third-order valence-corrected chi connectivity index (χ3v) is 4.01. The minimum atomic E-state index is -0.258. The molecular weight excluding hydrogens is 330 g/mol. The molecular formula is C16H20ClN5O2. The van der Waals surface area contributed by atoms with E-state index in [9.17, 15) is 4.79 Å². The van der Waals surface area contributed by atoms with Gasteiger partial charge in [0.1, 0.15) is 17.7 Å². The molecule has 3 rings (SSSR count). The molecule has 1 aliphatic rings. The average Bonchev–Trinajstić information content (AvgIpc) is 3.15. The lowest BCUT2D eigenvalue weighted by Gasteiger charge is -2.16. The molecule has 2 amide bonds. The van der Waals surface area contributed by atoms with Gasteiger partial charge >= 0.3 is 6.03 Å². The van der Waals surface area contributed by atoms with Gasteiger partial charge in [0.05, 0.1) is 13.1 Å². The summed E-state index contributed by atoms with van der Waals surface area (Å²) in [7, 11) is 0. The van der Waals surface area contributed by atoms with Crippen LogP contribution in [0.4, 0.5) is 4.79 Å². The van der Waals surface area contributed by atoms with Crippen LogP contribution < -0.4 is 15.4 Å². The Labute approximate surface area is 145 Å². The SMILES string of the molecule is CC(CNC(=O)NCc1nnc2n1CCC2)Oc1cccc(Cl)c1. The van der Waals surface area contributed by atoms with Gasteiger partial charge in [0, 0.05) is 18.0 Å². The highest BCUT2D eigenvalue weighted by Crippen LogP contribution is 2.18. The lowest BCUT2D eigenvalue weighted by Crippen LogP contribution is -2.40. The Bertz CT molecular complexity index is 718. The van der Waals surface area contributed by atoms with Gasteiger partial charge in [-0.25, -0.2) is 4.79 Å². The number of ether oxygens (including phenoxy) is 1. The molecule has 2 aromatic rings. The lowest BCUT2D eigenvalue weighted by molar-refractivity contribution is 0.207. The summed E-state index contributed by atoms with van der Waals surface area (Å²) in [5.74, 6) is 2.47. The van der Waals surface area contributed by atoms with Crippen molar-refractivity contribution in [3.8, 4) is 5.75 Å². The molecule has 2 N–H and O–H groups in total. The third-order valence-electron chi connectivity index (χ3n) is 3.78. The molecule has 2 heterocycles. The summed E-state index contributed by atoms with van der Waals surface area (Å²) in [6, 6.07) is 6.91. The van der Waals surface area contributed by atoms with Crippen LogP contribution in [0, 0.1) is 0 Å². The lowest BCUT2D eigenvalue weighted by atomic mass is 10.3. The molecule has 8 heteroatoms. The number of amides is 2. The number of aromatic nitrogens is 3. The highest BCUT2D eigenvalue weighted by atomic mass is 35.5. The summed E-state index contributed by atoms with van der Waals surface area (Å²) in [5, 5.41) is 14.4. The van der Waals surface area contributed by atoms with Gasteiger partial charge in [0.15, 0.2) is 5.82 Å². The topological polar surface area (TPSA) is 81.1 Å². The molecule has 0 bridgehead atoms. The van der Waals surface area contributed by atoms with Gasteiger partial charge in [-0.3, -0.25) is 0 Å². The van der Waals surface area contributed by atoms with Gasteiger partial charge in [0.25, 0.3) is 0 Å². The van der Waals surface area contributed by atoms with E-state index in [0.717, 1.165) is 31.0 Å². The van der Waals surface area contributed by atoms with Crippen molar-refractivity contribution < 1.29 is 9.53 Å². The molecule has 0 fully saturated rings. The summed E-state index contributed by atoms with van der Waals surface area (Å²) in [6.45, 7) is 3.55. The second-order valence-corrected chi connectivity index (χ2v) is 6.17. The van der Waals surface area contributed by atoms with Gasteiger partial charge < -0.3 is 19.9 Å². The largest absolute Gasteiger partial charge is 0.489 e. The summed E-state index contributed by atoms with van der Waals surface area (Å²) in [4.78, 5) is 11.9. The molecule has 0 radical (unpaired) electrons. The minimum absolute atomic E-state index is 0.174. The number of hydrogen-bond donors (Lipinski definition) is 2. The summed E-state index contributed by atoms with van der Waals surface area (Å²) in [6.07, 6.45) is 1.87. The first-order valence-corrected chi connectivity index (χ1v) is 8.34. The van der Waals surface area contributed by atoms with Gasteiger partial charge in [-0.2, -0.15) is 0 Å². The number of fused-ring (bicyclic) bond motifs is 1. The molecule has 128 valence electrons. The number of carbonyl (C=O) groups excluding carboxylic acids is 1. The van der Waals surface area contributed by atoms with E-state index in [2.05, 4.69) is 25.4 Å². The van der Waals surface area contributed by atoms with Crippen LogP contribution in [0.2, 0.25) is 5.02 Å². The molecule has 1 unspecified atom stereocenters. The van der Waals surface area contributed by atoms with Crippen molar-refractivity contribution in [3.05, 3.63) is 40.9 Å². The Balaban J connectivity index is 1.40. The third kappa shape index (κ3) is 4.17. The van der Waals surface area contributed by atoms with Crippen LogP contribution in [0.1, 0.15) is 25.0 Å². The van der Waals surface area contributed by atoms with Crippen LogP contribution >= 0.6 is 11.6 Å². The van der Waals surface area contributed by atoms with E-state index in [1.54, 1.807) is 12.1 Å². The zero-order valence-corrected chi connectivity index (χ0v) is 14.2. The van der Waals surface area contributed by atoms with Crippen LogP contribution in [0.5, 0.6) is 5.75 Å². The summed E-state index contributed by atoms with van der Waals surface area (Å²) in [5.41, 5.74) is 0. The van der Waals surface area contributed by atoms with Crippen molar-refractivity contribution >= 4 is 17.6 Å². The Morgan fingerprint density at radius 1 is 1.42 bits per heavy atom. The first-order chi connectivity index (χ1) is 11.6. The highest BCUT2D eigenvalue weighted by molar-refractivity contribution is 6.30. The first-order valence-electron chi connectivity index (χ1n) is 7.96. The van der Waals surface area contributed by atoms with Crippen LogP contribution in [0.15, 0.2) is 24.3 Å². The molecule has 1 aromatic heterocycles. The van der Waals surface area contributed by atoms with Gasteiger partial charge in [-0.15, -0.1) is 10.2 Å². The quantitative estimate of drug-likeness (QED) is 0.837. The molecule has 0 spiro atoms. The summed E-state index contributed by atoms with van der Waals surface area (Å²) >= 11 is 5.91. The molecule has 0 saturated heterocycles. The molecule has 0 saturated carbocycles. The maximum absolute atomic E-state index is 11.9. The highest BCUT2D eigenvalue weighted by Gasteiger charge is 2.17. The fraction of sp³-hybridized carbons (Fsp3) is 0.438. The number of halogens is 1. The normalized spacial score (nSPS) is 14.1. The van der Waals surface area contributed by atoms with Crippen molar-refractivity contribution in [2.24, 2.45) is 0 Å². The fourth-order valence-electron chi connectivity index (χ4n) is 2.61. The zero-order chi connectivity index (χ0) is 16.9. The van der Waals surface area contributed by atoms with Gasteiger partial charge in [-0.05, 0) is 31.5 Å². The van der Waals surface area contributed by atoms with Crippen molar-refractivity contribution in [3.63, 3.8) is 0 Å². The Kier molecular flexibility index (Phi) is 5.20. The van der Waals surface area contributed by atoms with E-state index < -0.39 is 0 Å². The van der Waals surface area contributed by atoms with E-state index in [1.807, 2.05) is 19.1 Å². The average molecular weight is 350 g/mol. The van der Waals surface area contributed by atoms with Crippen molar-refractivity contribution in [2.45, 2.75) is 39.0 Å². The number of aryl methyl sites for hydroxylation is 1. The van der Waals surface area contributed by atoms with E-state index in [1.165, 1.54) is 0 Å². The minimum Gasteiger partial charge on any atom is -0.489 e. The first kappa shape index (κ1) is 16.6. The maximum Gasteiger partial charge on any atom is 0.315 e. The zero-order valence-electron chi connectivity index (χ0n) is 13.5. The van der Waals surface area contributed by atoms with Crippen molar-refractivity contribution in [1.82, 2.24) is 25.4 Å². The van der Waals surface area contributed by atoms with E-state index in [0.29, 0.717) is 23.9 Å². The second-order valence-electron chi connectivity index (χ2n) is 5.74. The predicted octanol–water partition coefficient (Wildman–Crippen LogP) is 2.14. The fourth-order valence-corrected chi connectivity index (χ4v) is 2.79. The smallest absolute Gasteiger partial charge is 0.315 e. The molecule has 1 aliphatic heterocycles. The molecule has 1 atom stereocenters. The van der Waals surface area contributed by atoms with Gasteiger partial charge in [0.2, 0.25) is 0 Å². The maximum atomic E-state index is 11.9. The Hall–Kier alpha value is -2.28. The number of rotatable bonds is 6. The van der Waals surface area contributed by atoms with Gasteiger partial charge in [-0.1, -0.05) is 17.7 Å². The monoisotopic (exact) mass is 349 g/mol. The summed E-state index contributed by atoms with van der Waals surface area (Å²) < 4.78 is 7.76. The molecule has 24 heavy (non-hydrogen) atoms. The second kappa shape index (κ2) is 7.53. The van der Waals surface area contributed by atoms with Crippen LogP contribution in [-0.4, -0.2) is 33.4 Å². The van der Waals surface area contributed by atoms with Crippen molar-refractivity contribution in [1.29, 1.82) is 0 Å². The number of nitrogens with one attached hydrogen (secondary N) is 2. The van der Waals surface area contributed by atoms with Crippen LogP contribution in [0.3, 0.4) is 0 Å². The number of carbonyl (C=O) groups is 1. The van der Waals surface area contributed by atoms with E-state index in [-0.39, 0.29) is 12.1 Å². The molecule has 0 aliphatic carbocycles. The predicted molar refractivity (Wildman–Crippen MR) is 90.1 cm³/mol. The molecule has 1 aromatic carbocycles. The van der Waals surface area contributed by atoms with E-state index >= 15 is 0 Å². The number of urea groups is 1. The standard InChI is InChI=1S/C16H20ClN5O2/c1-11(24-13-5-2-4-12(17)8-13)9-18-16(23)19-10-15-21-20-14-6-3-7-22(14)15/h2,4-5,8,11H,3,6-7,9-10H2,1H3,(H2,18,19,23). The van der Waals surface area contributed by atoms with E-state index in [4.69, 9.17) is 16.3 Å². The Morgan fingerprint density at radius 3 is 3.12 bits per heavy atom. The van der Waals surface area contributed by atoms with Crippen molar-refractivity contribution in [2.75, 3.05) is 6.54 Å². The number of nitrogens with zero attached hydrogens (tertiary/aromatic N) is 3. The van der Waals surface area contributed by atoms with Crippen LogP contribution in [0.25, 0.3) is 0 Å². The number of benzene rings is 1. The Morgan fingerprint density at radius 2 is 2.29 bits per heavy atom. The van der Waals surface area contributed by atoms with Crippen LogP contribution in [-0.2, 0) is 19.5 Å². The molecule has 7 nitrogen and oxygen atoms in total. The number of hydrogen-bond acceptors (Lipinski definition) is 4.